The van der Waals surface area contributed by atoms with Gasteiger partial charge in [0.2, 0.25) is 0 Å². The molecule has 2 heterocycles. The second-order valence-electron chi connectivity index (χ2n) is 8.12. The third-order valence-electron chi connectivity index (χ3n) is 5.99. The van der Waals surface area contributed by atoms with Crippen LogP contribution < -0.4 is 0 Å². The molecule has 0 aliphatic carbocycles. The molecule has 0 saturated carbocycles. The molecule has 0 radical (unpaired) electrons. The average Bonchev–Trinajstić information content (AvgIpc) is 3.47. The average molecular weight is 449 g/mol. The van der Waals surface area contributed by atoms with Crippen molar-refractivity contribution in [3.63, 3.8) is 0 Å². The molecule has 0 fully saturated rings. The van der Waals surface area contributed by atoms with E-state index in [4.69, 9.17) is 0 Å². The summed E-state index contributed by atoms with van der Waals surface area (Å²) in [6, 6.07) is 22.2. The predicted octanol–water partition coefficient (Wildman–Crippen LogP) is 6.33. The Morgan fingerprint density at radius 3 is 2.26 bits per heavy atom. The lowest BCUT2D eigenvalue weighted by atomic mass is 9.96. The second kappa shape index (κ2) is 8.38. The number of hydrogen-bond acceptors (Lipinski definition) is 3. The van der Waals surface area contributed by atoms with Crippen molar-refractivity contribution in [2.75, 3.05) is 0 Å². The quantitative estimate of drug-likeness (QED) is 0.349. The molecule has 34 heavy (non-hydrogen) atoms. The molecular formula is C28H21FN4O. The zero-order valence-corrected chi connectivity index (χ0v) is 18.7. The lowest BCUT2D eigenvalue weighted by Crippen LogP contribution is -1.99. The number of aromatic hydroxyl groups is 1. The molecule has 0 atom stereocenters. The van der Waals surface area contributed by atoms with Crippen molar-refractivity contribution in [1.29, 1.82) is 5.26 Å². The summed E-state index contributed by atoms with van der Waals surface area (Å²) in [7, 11) is 0. The normalized spacial score (nSPS) is 10.9. The van der Waals surface area contributed by atoms with Gasteiger partial charge in [0.15, 0.2) is 11.6 Å². The van der Waals surface area contributed by atoms with Gasteiger partial charge in [-0.05, 0) is 67.4 Å². The Kier molecular flexibility index (Phi) is 5.23. The van der Waals surface area contributed by atoms with E-state index >= 15 is 0 Å². The number of nitrogens with zero attached hydrogens (tertiary/aromatic N) is 4. The molecule has 0 aliphatic heterocycles. The number of aromatic nitrogens is 3. The minimum absolute atomic E-state index is 0.391. The Morgan fingerprint density at radius 2 is 1.62 bits per heavy atom. The van der Waals surface area contributed by atoms with Crippen LogP contribution in [0.2, 0.25) is 0 Å². The summed E-state index contributed by atoms with van der Waals surface area (Å²) in [4.78, 5) is 4.29. The van der Waals surface area contributed by atoms with E-state index in [-0.39, 0.29) is 0 Å². The first kappa shape index (κ1) is 21.2. The minimum Gasteiger partial charge on any atom is -0.505 e. The summed E-state index contributed by atoms with van der Waals surface area (Å²) in [6.07, 6.45) is 5.58. The third kappa shape index (κ3) is 3.63. The van der Waals surface area contributed by atoms with E-state index in [1.54, 1.807) is 18.3 Å². The highest BCUT2D eigenvalue weighted by molar-refractivity contribution is 5.85. The van der Waals surface area contributed by atoms with Crippen molar-refractivity contribution in [2.45, 2.75) is 13.8 Å². The van der Waals surface area contributed by atoms with Crippen LogP contribution in [0.5, 0.6) is 5.75 Å². The monoisotopic (exact) mass is 448 g/mol. The molecule has 0 saturated heterocycles. The van der Waals surface area contributed by atoms with Gasteiger partial charge < -0.3 is 14.2 Å². The highest BCUT2D eigenvalue weighted by Gasteiger charge is 2.18. The Hall–Kier alpha value is -4.63. The van der Waals surface area contributed by atoms with Crippen molar-refractivity contribution in [2.24, 2.45) is 0 Å². The molecule has 5 aromatic rings. The fourth-order valence-electron chi connectivity index (χ4n) is 4.25. The zero-order chi connectivity index (χ0) is 23.8. The number of phenols is 1. The molecular weight excluding hydrogens is 427 g/mol. The maximum atomic E-state index is 14.2. The Morgan fingerprint density at radius 1 is 0.853 bits per heavy atom. The van der Waals surface area contributed by atoms with Crippen LogP contribution in [0.4, 0.5) is 4.39 Å². The van der Waals surface area contributed by atoms with Crippen molar-refractivity contribution in [3.8, 4) is 45.6 Å². The first-order valence-corrected chi connectivity index (χ1v) is 10.8. The largest absolute Gasteiger partial charge is 0.505 e. The third-order valence-corrected chi connectivity index (χ3v) is 5.99. The van der Waals surface area contributed by atoms with E-state index in [2.05, 4.69) is 11.1 Å². The molecule has 0 aliphatic rings. The van der Waals surface area contributed by atoms with E-state index in [0.717, 1.165) is 39.5 Å². The molecule has 2 aromatic heterocycles. The van der Waals surface area contributed by atoms with E-state index in [1.807, 2.05) is 77.8 Å². The molecule has 5 nitrogen and oxygen atoms in total. The second-order valence-corrected chi connectivity index (χ2v) is 8.12. The first-order valence-electron chi connectivity index (χ1n) is 10.8. The number of hydrogen-bond donors (Lipinski definition) is 1. The van der Waals surface area contributed by atoms with E-state index in [9.17, 15) is 14.8 Å². The van der Waals surface area contributed by atoms with Crippen molar-refractivity contribution >= 4 is 0 Å². The van der Waals surface area contributed by atoms with Gasteiger partial charge in [-0.1, -0.05) is 18.2 Å². The number of benzene rings is 3. The number of aryl methyl sites for hydroxylation is 2. The SMILES string of the molecule is Cc1cc(C#N)ccc1-c1c(-c2ccc(-n3ccnc3C)cc2)ccn1-c1ccc(O)c(F)c1. The van der Waals surface area contributed by atoms with Gasteiger partial charge >= 0.3 is 0 Å². The summed E-state index contributed by atoms with van der Waals surface area (Å²) in [5.74, 6) is -0.171. The van der Waals surface area contributed by atoms with Gasteiger partial charge in [-0.3, -0.25) is 0 Å². The van der Waals surface area contributed by atoms with Gasteiger partial charge in [-0.2, -0.15) is 5.26 Å². The van der Waals surface area contributed by atoms with Crippen LogP contribution in [-0.2, 0) is 0 Å². The van der Waals surface area contributed by atoms with E-state index in [1.165, 1.54) is 12.1 Å². The van der Waals surface area contributed by atoms with E-state index in [0.29, 0.717) is 11.3 Å². The summed E-state index contributed by atoms with van der Waals surface area (Å²) >= 11 is 0. The van der Waals surface area contributed by atoms with Gasteiger partial charge in [0, 0.05) is 47.2 Å². The van der Waals surface area contributed by atoms with Crippen molar-refractivity contribution < 1.29 is 9.50 Å². The fraction of sp³-hybridized carbons (Fsp3) is 0.0714. The smallest absolute Gasteiger partial charge is 0.166 e. The van der Waals surface area contributed by atoms with Crippen LogP contribution in [-0.4, -0.2) is 19.2 Å². The first-order chi connectivity index (χ1) is 16.5. The van der Waals surface area contributed by atoms with Gasteiger partial charge in [0.25, 0.3) is 0 Å². The van der Waals surface area contributed by atoms with Gasteiger partial charge in [-0.25, -0.2) is 9.37 Å². The highest BCUT2D eigenvalue weighted by Crippen LogP contribution is 2.38. The van der Waals surface area contributed by atoms with Gasteiger partial charge in [0.1, 0.15) is 5.82 Å². The predicted molar refractivity (Wildman–Crippen MR) is 130 cm³/mol. The molecule has 0 unspecified atom stereocenters. The topological polar surface area (TPSA) is 66.8 Å². The molecule has 1 N–H and O–H groups in total. The maximum absolute atomic E-state index is 14.2. The number of halogens is 1. The van der Waals surface area contributed by atoms with Crippen molar-refractivity contribution in [1.82, 2.24) is 14.1 Å². The Balaban J connectivity index is 1.69. The minimum atomic E-state index is -0.685. The molecule has 0 bridgehead atoms. The number of nitriles is 1. The molecule has 0 spiro atoms. The molecule has 166 valence electrons. The molecule has 3 aromatic carbocycles. The number of rotatable bonds is 4. The van der Waals surface area contributed by atoms with Crippen LogP contribution in [0.25, 0.3) is 33.8 Å². The van der Waals surface area contributed by atoms with Gasteiger partial charge in [-0.15, -0.1) is 0 Å². The van der Waals surface area contributed by atoms with Crippen LogP contribution in [0, 0.1) is 31.0 Å². The van der Waals surface area contributed by atoms with Gasteiger partial charge in [0.05, 0.1) is 17.3 Å². The highest BCUT2D eigenvalue weighted by atomic mass is 19.1. The molecule has 0 amide bonds. The van der Waals surface area contributed by atoms with Crippen LogP contribution in [0.1, 0.15) is 17.0 Å². The van der Waals surface area contributed by atoms with Crippen LogP contribution >= 0.6 is 0 Å². The zero-order valence-electron chi connectivity index (χ0n) is 18.7. The van der Waals surface area contributed by atoms with E-state index < -0.39 is 11.6 Å². The fourth-order valence-corrected chi connectivity index (χ4v) is 4.25. The lowest BCUT2D eigenvalue weighted by molar-refractivity contribution is 0.432. The lowest BCUT2D eigenvalue weighted by Gasteiger charge is -2.15. The van der Waals surface area contributed by atoms with Crippen molar-refractivity contribution in [3.05, 3.63) is 108 Å². The summed E-state index contributed by atoms with van der Waals surface area (Å²) in [6.45, 7) is 3.91. The maximum Gasteiger partial charge on any atom is 0.166 e. The Labute approximate surface area is 196 Å². The molecule has 6 heteroatoms. The summed E-state index contributed by atoms with van der Waals surface area (Å²) in [5.41, 5.74) is 6.89. The Bertz CT molecular complexity index is 1550. The number of imidazole rings is 1. The number of phenolic OH excluding ortho intramolecular Hbond substituents is 1. The summed E-state index contributed by atoms with van der Waals surface area (Å²) in [5, 5.41) is 19.0. The van der Waals surface area contributed by atoms with Crippen LogP contribution in [0.15, 0.2) is 85.3 Å². The summed E-state index contributed by atoms with van der Waals surface area (Å²) < 4.78 is 18.1. The molecule has 5 rings (SSSR count). The standard InChI is InChI=1S/C28H21FN4O/c1-18-15-20(17-30)3-9-24(18)28-25(11-13-33(28)23-8-10-27(34)26(29)16-23)21-4-6-22(7-5-21)32-14-12-31-19(32)2/h3-16,34H,1-2H3. The van der Waals surface area contributed by atoms with Crippen LogP contribution in [0.3, 0.4) is 0 Å².